The summed E-state index contributed by atoms with van der Waals surface area (Å²) < 4.78 is 4.91. The molecule has 0 aromatic rings. The summed E-state index contributed by atoms with van der Waals surface area (Å²) in [6, 6.07) is 0.346. The summed E-state index contributed by atoms with van der Waals surface area (Å²) in [6.07, 6.45) is 2.73. The molecule has 1 atom stereocenters. The largest absolute Gasteiger partial charge is 0.465 e. The summed E-state index contributed by atoms with van der Waals surface area (Å²) in [5.74, 6) is -0.280. The number of nitrogens with two attached hydrogens (primary N) is 1. The molecule has 1 unspecified atom stereocenters. The van der Waals surface area contributed by atoms with E-state index in [1.54, 1.807) is 6.92 Å². The van der Waals surface area contributed by atoms with Gasteiger partial charge in [0.05, 0.1) is 6.61 Å². The van der Waals surface area contributed by atoms with Gasteiger partial charge >= 0.3 is 5.97 Å². The van der Waals surface area contributed by atoms with Crippen LogP contribution in [0.15, 0.2) is 0 Å². The smallest absolute Gasteiger partial charge is 0.324 e. The van der Waals surface area contributed by atoms with Crippen molar-refractivity contribution in [1.82, 2.24) is 9.80 Å². The van der Waals surface area contributed by atoms with E-state index in [2.05, 4.69) is 9.80 Å². The summed E-state index contributed by atoms with van der Waals surface area (Å²) in [4.78, 5) is 16.2. The Bertz CT molecular complexity index is 260. The SMILES string of the molecule is CCOC(=O)C(N)CN1CCN(C2CC2)CC1. The number of ether oxygens (including phenoxy) is 1. The lowest BCUT2D eigenvalue weighted by molar-refractivity contribution is -0.145. The Balaban J connectivity index is 1.67. The second kappa shape index (κ2) is 5.80. The van der Waals surface area contributed by atoms with Crippen LogP contribution in [0, 0.1) is 0 Å². The lowest BCUT2D eigenvalue weighted by atomic mass is 10.2. The maximum atomic E-state index is 11.4. The molecule has 2 aliphatic rings. The van der Waals surface area contributed by atoms with E-state index < -0.39 is 6.04 Å². The van der Waals surface area contributed by atoms with Crippen molar-refractivity contribution in [2.24, 2.45) is 5.73 Å². The number of carbonyl (C=O) groups is 1. The molecule has 1 saturated heterocycles. The van der Waals surface area contributed by atoms with Gasteiger partial charge in [0.25, 0.3) is 0 Å². The van der Waals surface area contributed by atoms with E-state index in [0.29, 0.717) is 13.2 Å². The van der Waals surface area contributed by atoms with Crippen LogP contribution < -0.4 is 5.73 Å². The van der Waals surface area contributed by atoms with Gasteiger partial charge in [-0.25, -0.2) is 0 Å². The van der Waals surface area contributed by atoms with Gasteiger partial charge in [-0.2, -0.15) is 0 Å². The van der Waals surface area contributed by atoms with E-state index in [1.165, 1.54) is 12.8 Å². The van der Waals surface area contributed by atoms with Crippen LogP contribution >= 0.6 is 0 Å². The second-order valence-corrected chi connectivity index (χ2v) is 4.93. The minimum Gasteiger partial charge on any atom is -0.465 e. The molecule has 0 aromatic heterocycles. The number of nitrogens with zero attached hydrogens (tertiary/aromatic N) is 2. The van der Waals surface area contributed by atoms with Crippen molar-refractivity contribution in [1.29, 1.82) is 0 Å². The molecule has 5 heteroatoms. The van der Waals surface area contributed by atoms with Crippen molar-refractivity contribution >= 4 is 5.97 Å². The zero-order chi connectivity index (χ0) is 12.3. The third kappa shape index (κ3) is 3.66. The number of hydrogen-bond acceptors (Lipinski definition) is 5. The average Bonchev–Trinajstić information content (AvgIpc) is 3.14. The minimum absolute atomic E-state index is 0.280. The van der Waals surface area contributed by atoms with E-state index in [1.807, 2.05) is 0 Å². The van der Waals surface area contributed by atoms with Crippen molar-refractivity contribution in [3.05, 3.63) is 0 Å². The maximum absolute atomic E-state index is 11.4. The van der Waals surface area contributed by atoms with E-state index >= 15 is 0 Å². The predicted octanol–water partition coefficient (Wildman–Crippen LogP) is -0.343. The highest BCUT2D eigenvalue weighted by Gasteiger charge is 2.31. The Labute approximate surface area is 103 Å². The molecule has 1 heterocycles. The third-order valence-corrected chi connectivity index (χ3v) is 3.51. The molecule has 2 fully saturated rings. The monoisotopic (exact) mass is 241 g/mol. The van der Waals surface area contributed by atoms with Crippen molar-refractivity contribution in [2.75, 3.05) is 39.3 Å². The fraction of sp³-hybridized carbons (Fsp3) is 0.917. The Morgan fingerprint density at radius 2 is 2.00 bits per heavy atom. The van der Waals surface area contributed by atoms with Crippen LogP contribution in [-0.4, -0.2) is 67.2 Å². The lowest BCUT2D eigenvalue weighted by Crippen LogP contribution is -2.52. The zero-order valence-corrected chi connectivity index (χ0v) is 10.6. The van der Waals surface area contributed by atoms with Gasteiger partial charge in [0, 0.05) is 38.8 Å². The molecule has 0 spiro atoms. The van der Waals surface area contributed by atoms with E-state index in [0.717, 1.165) is 32.2 Å². The normalized spacial score (nSPS) is 24.6. The second-order valence-electron chi connectivity index (χ2n) is 4.93. The van der Waals surface area contributed by atoms with E-state index in [4.69, 9.17) is 10.5 Å². The predicted molar refractivity (Wildman–Crippen MR) is 65.6 cm³/mol. The number of esters is 1. The summed E-state index contributed by atoms with van der Waals surface area (Å²) in [6.45, 7) is 7.09. The highest BCUT2D eigenvalue weighted by molar-refractivity contribution is 5.75. The topological polar surface area (TPSA) is 58.8 Å². The van der Waals surface area contributed by atoms with Gasteiger partial charge in [-0.05, 0) is 19.8 Å². The molecule has 0 bridgehead atoms. The van der Waals surface area contributed by atoms with Crippen molar-refractivity contribution in [3.8, 4) is 0 Å². The van der Waals surface area contributed by atoms with Crippen LogP contribution in [0.4, 0.5) is 0 Å². The maximum Gasteiger partial charge on any atom is 0.324 e. The fourth-order valence-corrected chi connectivity index (χ4v) is 2.35. The summed E-state index contributed by atoms with van der Waals surface area (Å²) in [7, 11) is 0. The van der Waals surface area contributed by atoms with Crippen molar-refractivity contribution in [2.45, 2.75) is 31.8 Å². The quantitative estimate of drug-likeness (QED) is 0.667. The molecule has 1 saturated carbocycles. The van der Waals surface area contributed by atoms with E-state index in [-0.39, 0.29) is 5.97 Å². The first-order valence-electron chi connectivity index (χ1n) is 6.59. The van der Waals surface area contributed by atoms with Gasteiger partial charge in [-0.3, -0.25) is 14.6 Å². The van der Waals surface area contributed by atoms with Crippen LogP contribution in [0.1, 0.15) is 19.8 Å². The van der Waals surface area contributed by atoms with Crippen LogP contribution in [0.2, 0.25) is 0 Å². The number of hydrogen-bond donors (Lipinski definition) is 1. The number of rotatable bonds is 5. The molecule has 0 radical (unpaired) electrons. The molecule has 0 amide bonds. The van der Waals surface area contributed by atoms with Gasteiger partial charge in [-0.15, -0.1) is 0 Å². The first kappa shape index (κ1) is 12.8. The van der Waals surface area contributed by atoms with E-state index in [9.17, 15) is 4.79 Å². The number of piperazine rings is 1. The van der Waals surface area contributed by atoms with Gasteiger partial charge in [0.2, 0.25) is 0 Å². The summed E-state index contributed by atoms with van der Waals surface area (Å²) >= 11 is 0. The van der Waals surface area contributed by atoms with Gasteiger partial charge in [0.1, 0.15) is 6.04 Å². The molecule has 1 aliphatic carbocycles. The Hall–Kier alpha value is -0.650. The molecular weight excluding hydrogens is 218 g/mol. The molecule has 0 aromatic carbocycles. The Morgan fingerprint density at radius 1 is 1.35 bits per heavy atom. The highest BCUT2D eigenvalue weighted by atomic mass is 16.5. The van der Waals surface area contributed by atoms with Gasteiger partial charge < -0.3 is 10.5 Å². The fourth-order valence-electron chi connectivity index (χ4n) is 2.35. The van der Waals surface area contributed by atoms with Gasteiger partial charge in [0.15, 0.2) is 0 Å². The average molecular weight is 241 g/mol. The zero-order valence-electron chi connectivity index (χ0n) is 10.6. The minimum atomic E-state index is -0.498. The van der Waals surface area contributed by atoms with Crippen LogP contribution in [0.25, 0.3) is 0 Å². The summed E-state index contributed by atoms with van der Waals surface area (Å²) in [5, 5.41) is 0. The van der Waals surface area contributed by atoms with Crippen molar-refractivity contribution in [3.63, 3.8) is 0 Å². The lowest BCUT2D eigenvalue weighted by Gasteiger charge is -2.35. The molecule has 2 N–H and O–H groups in total. The highest BCUT2D eigenvalue weighted by Crippen LogP contribution is 2.27. The van der Waals surface area contributed by atoms with Gasteiger partial charge in [-0.1, -0.05) is 0 Å². The van der Waals surface area contributed by atoms with Crippen LogP contribution in [0.3, 0.4) is 0 Å². The first-order chi connectivity index (χ1) is 8.20. The standard InChI is InChI=1S/C12H23N3O2/c1-2-17-12(16)11(13)9-14-5-7-15(8-6-14)10-3-4-10/h10-11H,2-9,13H2,1H3. The van der Waals surface area contributed by atoms with Crippen molar-refractivity contribution < 1.29 is 9.53 Å². The molecule has 17 heavy (non-hydrogen) atoms. The number of carbonyl (C=O) groups excluding carboxylic acids is 1. The van der Waals surface area contributed by atoms with Crippen LogP contribution in [0.5, 0.6) is 0 Å². The molecule has 5 nitrogen and oxygen atoms in total. The van der Waals surface area contributed by atoms with Crippen LogP contribution in [-0.2, 0) is 9.53 Å². The third-order valence-electron chi connectivity index (χ3n) is 3.51. The summed E-state index contributed by atoms with van der Waals surface area (Å²) in [5.41, 5.74) is 5.81. The first-order valence-corrected chi connectivity index (χ1v) is 6.59. The Morgan fingerprint density at radius 3 is 2.53 bits per heavy atom. The molecule has 98 valence electrons. The molecule has 2 rings (SSSR count). The molecular formula is C12H23N3O2. The Kier molecular flexibility index (Phi) is 4.36. The molecule has 1 aliphatic heterocycles.